The highest BCUT2D eigenvalue weighted by Gasteiger charge is 2.17. The number of hydrogen-bond donors (Lipinski definition) is 0. The van der Waals surface area contributed by atoms with E-state index in [0.29, 0.717) is 11.3 Å². The fourth-order valence-electron chi connectivity index (χ4n) is 2.14. The van der Waals surface area contributed by atoms with Crippen molar-refractivity contribution in [2.24, 2.45) is 0 Å². The molecule has 0 radical (unpaired) electrons. The van der Waals surface area contributed by atoms with Crippen molar-refractivity contribution in [3.63, 3.8) is 0 Å². The molecule has 0 unspecified atom stereocenters. The van der Waals surface area contributed by atoms with Crippen LogP contribution in [0.1, 0.15) is 27.0 Å². The summed E-state index contributed by atoms with van der Waals surface area (Å²) in [5.74, 6) is 0.633. The molecule has 0 aliphatic carbocycles. The molecule has 2 rings (SSSR count). The molecule has 2 aromatic rings. The molecule has 0 amide bonds. The third-order valence-corrected chi connectivity index (χ3v) is 3.06. The number of ether oxygens (including phenoxy) is 1. The van der Waals surface area contributed by atoms with E-state index in [0.717, 1.165) is 16.7 Å². The number of methoxy groups -OCH3 is 1. The van der Waals surface area contributed by atoms with E-state index in [4.69, 9.17) is 4.74 Å². The lowest BCUT2D eigenvalue weighted by Crippen LogP contribution is -2.07. The van der Waals surface area contributed by atoms with Crippen molar-refractivity contribution < 1.29 is 9.53 Å². The largest absolute Gasteiger partial charge is 0.496 e. The Hall–Kier alpha value is -2.09. The van der Waals surface area contributed by atoms with Crippen LogP contribution in [0.15, 0.2) is 42.5 Å². The summed E-state index contributed by atoms with van der Waals surface area (Å²) < 4.78 is 5.25. The van der Waals surface area contributed by atoms with Crippen LogP contribution < -0.4 is 4.74 Å². The molecule has 0 aromatic heterocycles. The molecule has 92 valence electrons. The molecule has 0 aliphatic heterocycles. The van der Waals surface area contributed by atoms with Crippen molar-refractivity contribution in [3.05, 3.63) is 64.7 Å². The minimum absolute atomic E-state index is 0.0167. The fourth-order valence-corrected chi connectivity index (χ4v) is 2.14. The molecule has 2 aromatic carbocycles. The summed E-state index contributed by atoms with van der Waals surface area (Å²) in [6, 6.07) is 13.2. The van der Waals surface area contributed by atoms with Gasteiger partial charge in [-0.2, -0.15) is 0 Å². The predicted octanol–water partition coefficient (Wildman–Crippen LogP) is 3.54. The predicted molar refractivity (Wildman–Crippen MR) is 72.3 cm³/mol. The van der Waals surface area contributed by atoms with Gasteiger partial charge in [-0.1, -0.05) is 30.3 Å². The highest BCUT2D eigenvalue weighted by Crippen LogP contribution is 2.24. The van der Waals surface area contributed by atoms with Crippen LogP contribution in [0, 0.1) is 13.8 Å². The second kappa shape index (κ2) is 5.05. The number of benzene rings is 2. The van der Waals surface area contributed by atoms with Gasteiger partial charge in [-0.25, -0.2) is 0 Å². The Balaban J connectivity index is 2.55. The van der Waals surface area contributed by atoms with E-state index < -0.39 is 0 Å². The van der Waals surface area contributed by atoms with Crippen LogP contribution >= 0.6 is 0 Å². The van der Waals surface area contributed by atoms with Gasteiger partial charge in [0.05, 0.1) is 12.7 Å². The summed E-state index contributed by atoms with van der Waals surface area (Å²) in [5, 5.41) is 0. The van der Waals surface area contributed by atoms with Crippen LogP contribution in [-0.4, -0.2) is 12.9 Å². The van der Waals surface area contributed by atoms with Crippen molar-refractivity contribution in [1.29, 1.82) is 0 Å². The van der Waals surface area contributed by atoms with E-state index >= 15 is 0 Å². The number of carbonyl (C=O) groups is 1. The normalized spacial score (nSPS) is 10.2. The minimum atomic E-state index is 0.0167. The van der Waals surface area contributed by atoms with Gasteiger partial charge < -0.3 is 4.74 Å². The summed E-state index contributed by atoms with van der Waals surface area (Å²) >= 11 is 0. The fraction of sp³-hybridized carbons (Fsp3) is 0.188. The number of hydrogen-bond acceptors (Lipinski definition) is 2. The van der Waals surface area contributed by atoms with E-state index in [2.05, 4.69) is 0 Å². The van der Waals surface area contributed by atoms with Crippen LogP contribution in [0.4, 0.5) is 0 Å². The minimum Gasteiger partial charge on any atom is -0.496 e. The number of aryl methyl sites for hydroxylation is 2. The van der Waals surface area contributed by atoms with Gasteiger partial charge in [-0.15, -0.1) is 0 Å². The number of ketones is 1. The number of para-hydroxylation sites is 1. The van der Waals surface area contributed by atoms with Crippen molar-refractivity contribution in [2.45, 2.75) is 13.8 Å². The van der Waals surface area contributed by atoms with E-state index in [1.165, 1.54) is 0 Å². The number of rotatable bonds is 3. The zero-order valence-corrected chi connectivity index (χ0v) is 10.9. The van der Waals surface area contributed by atoms with Crippen molar-refractivity contribution in [2.75, 3.05) is 7.11 Å². The lowest BCUT2D eigenvalue weighted by atomic mass is 9.94. The first kappa shape index (κ1) is 12.4. The Morgan fingerprint density at radius 1 is 0.944 bits per heavy atom. The van der Waals surface area contributed by atoms with Crippen molar-refractivity contribution >= 4 is 5.78 Å². The van der Waals surface area contributed by atoms with Gasteiger partial charge >= 0.3 is 0 Å². The Labute approximate surface area is 107 Å². The zero-order valence-electron chi connectivity index (χ0n) is 10.9. The van der Waals surface area contributed by atoms with E-state index in [9.17, 15) is 4.79 Å². The number of carbonyl (C=O) groups excluding carboxylic acids is 1. The third-order valence-electron chi connectivity index (χ3n) is 3.06. The second-order valence-corrected chi connectivity index (χ2v) is 4.30. The first-order valence-corrected chi connectivity index (χ1v) is 5.89. The molecule has 0 heterocycles. The average Bonchev–Trinajstić information content (AvgIpc) is 2.38. The monoisotopic (exact) mass is 240 g/mol. The molecule has 2 heteroatoms. The Bertz CT molecular complexity index is 565. The first-order valence-electron chi connectivity index (χ1n) is 5.89. The van der Waals surface area contributed by atoms with Gasteiger partial charge in [-0.05, 0) is 37.1 Å². The summed E-state index contributed by atoms with van der Waals surface area (Å²) in [6.07, 6.45) is 0. The van der Waals surface area contributed by atoms with Gasteiger partial charge in [0.25, 0.3) is 0 Å². The van der Waals surface area contributed by atoms with Gasteiger partial charge in [-0.3, -0.25) is 4.79 Å². The van der Waals surface area contributed by atoms with E-state index in [-0.39, 0.29) is 5.78 Å². The van der Waals surface area contributed by atoms with Crippen molar-refractivity contribution in [3.8, 4) is 5.75 Å². The molecule has 0 saturated carbocycles. The smallest absolute Gasteiger partial charge is 0.197 e. The van der Waals surface area contributed by atoms with Crippen molar-refractivity contribution in [1.82, 2.24) is 0 Å². The second-order valence-electron chi connectivity index (χ2n) is 4.30. The first-order chi connectivity index (χ1) is 8.65. The van der Waals surface area contributed by atoms with Gasteiger partial charge in [0, 0.05) is 5.56 Å². The molecule has 0 atom stereocenters. The van der Waals surface area contributed by atoms with Crippen LogP contribution in [0.3, 0.4) is 0 Å². The lowest BCUT2D eigenvalue weighted by Gasteiger charge is -2.11. The molecule has 0 bridgehead atoms. The maximum atomic E-state index is 12.6. The highest BCUT2D eigenvalue weighted by atomic mass is 16.5. The van der Waals surface area contributed by atoms with Gasteiger partial charge in [0.1, 0.15) is 5.75 Å². The van der Waals surface area contributed by atoms with Crippen LogP contribution in [0.25, 0.3) is 0 Å². The van der Waals surface area contributed by atoms with E-state index in [1.807, 2.05) is 44.2 Å². The quantitative estimate of drug-likeness (QED) is 0.767. The zero-order chi connectivity index (χ0) is 13.1. The van der Waals surface area contributed by atoms with Crippen LogP contribution in [0.2, 0.25) is 0 Å². The maximum Gasteiger partial charge on any atom is 0.197 e. The molecular formula is C16H16O2. The molecule has 0 aliphatic rings. The average molecular weight is 240 g/mol. The molecule has 2 nitrogen and oxygen atoms in total. The summed E-state index contributed by atoms with van der Waals surface area (Å²) in [7, 11) is 1.58. The maximum absolute atomic E-state index is 12.6. The van der Waals surface area contributed by atoms with Crippen LogP contribution in [0.5, 0.6) is 5.75 Å². The lowest BCUT2D eigenvalue weighted by molar-refractivity contribution is 0.103. The topological polar surface area (TPSA) is 26.3 Å². The summed E-state index contributed by atoms with van der Waals surface area (Å²) in [6.45, 7) is 3.91. The molecule has 18 heavy (non-hydrogen) atoms. The SMILES string of the molecule is COc1ccccc1C(=O)c1c(C)cccc1C. The van der Waals surface area contributed by atoms with Gasteiger partial charge in [0.2, 0.25) is 0 Å². The highest BCUT2D eigenvalue weighted by molar-refractivity contribution is 6.12. The summed E-state index contributed by atoms with van der Waals surface area (Å²) in [4.78, 5) is 12.6. The Morgan fingerprint density at radius 3 is 2.17 bits per heavy atom. The standard InChI is InChI=1S/C16H16O2/c1-11-7-6-8-12(2)15(11)16(17)13-9-4-5-10-14(13)18-3/h4-10H,1-3H3. The van der Waals surface area contributed by atoms with E-state index in [1.54, 1.807) is 19.2 Å². The van der Waals surface area contributed by atoms with Gasteiger partial charge in [0.15, 0.2) is 5.78 Å². The molecule has 0 fully saturated rings. The Kier molecular flexibility index (Phi) is 3.47. The third kappa shape index (κ3) is 2.14. The molecule has 0 spiro atoms. The molecule has 0 saturated heterocycles. The molecular weight excluding hydrogens is 224 g/mol. The Morgan fingerprint density at radius 2 is 1.56 bits per heavy atom. The van der Waals surface area contributed by atoms with Crippen LogP contribution in [-0.2, 0) is 0 Å². The molecule has 0 N–H and O–H groups in total. The summed E-state index contributed by atoms with van der Waals surface area (Å²) in [5.41, 5.74) is 3.36.